The van der Waals surface area contributed by atoms with Crippen molar-refractivity contribution in [3.63, 3.8) is 0 Å². The molecule has 1 fully saturated rings. The number of carbonyl (C=O) groups excluding carboxylic acids is 1. The number of ether oxygens (including phenoxy) is 1. The van der Waals surface area contributed by atoms with E-state index < -0.39 is 19.0 Å². The Morgan fingerprint density at radius 1 is 1.48 bits per heavy atom. The maximum absolute atomic E-state index is 12.7. The van der Waals surface area contributed by atoms with Crippen molar-refractivity contribution in [1.29, 1.82) is 0 Å². The fraction of sp³-hybridized carbons (Fsp3) is 0.571. The molecule has 2 heterocycles. The fourth-order valence-corrected chi connectivity index (χ4v) is 2.14. The Morgan fingerprint density at radius 3 is 2.83 bits per heavy atom. The lowest BCUT2D eigenvalue weighted by molar-refractivity contribution is -0.148. The first-order chi connectivity index (χ1) is 10.9. The van der Waals surface area contributed by atoms with E-state index in [2.05, 4.69) is 20.4 Å². The summed E-state index contributed by atoms with van der Waals surface area (Å²) in [6.45, 7) is -0.564. The van der Waals surface area contributed by atoms with Crippen LogP contribution in [0.25, 0.3) is 0 Å². The molecule has 1 aliphatic heterocycles. The molecule has 1 amide bonds. The Hall–Kier alpha value is -1.90. The van der Waals surface area contributed by atoms with Crippen molar-refractivity contribution < 1.29 is 27.1 Å². The predicted molar refractivity (Wildman–Crippen MR) is 75.0 cm³/mol. The second-order valence-electron chi connectivity index (χ2n) is 5.28. The molecule has 5 nitrogen and oxygen atoms in total. The normalized spacial score (nSPS) is 18.2. The van der Waals surface area contributed by atoms with Gasteiger partial charge in [0, 0.05) is 18.5 Å². The number of anilines is 1. The maximum Gasteiger partial charge on any atom is 0.340 e. The first-order valence-corrected chi connectivity index (χ1v) is 7.15. The highest BCUT2D eigenvalue weighted by Gasteiger charge is 2.41. The summed E-state index contributed by atoms with van der Waals surface area (Å²) >= 11 is 0. The highest BCUT2D eigenvalue weighted by molar-refractivity contribution is 5.90. The smallest absolute Gasteiger partial charge is 0.340 e. The van der Waals surface area contributed by atoms with Crippen LogP contribution in [0.5, 0.6) is 5.88 Å². The highest BCUT2D eigenvalue weighted by atomic mass is 19.3. The molecule has 0 saturated carbocycles. The molecule has 1 aromatic heterocycles. The molecule has 0 spiro atoms. The molecule has 0 radical (unpaired) electrons. The minimum atomic E-state index is -4.23. The number of pyridine rings is 1. The SMILES string of the molecule is O=C(CC1CCCN1)Nc1ccc(OCC(F)(F)C(F)F)nc1. The van der Waals surface area contributed by atoms with Crippen molar-refractivity contribution in [2.24, 2.45) is 0 Å². The minimum Gasteiger partial charge on any atom is -0.471 e. The van der Waals surface area contributed by atoms with Crippen LogP contribution in [0.15, 0.2) is 18.3 Å². The van der Waals surface area contributed by atoms with Crippen LogP contribution in [0, 0.1) is 0 Å². The van der Waals surface area contributed by atoms with Gasteiger partial charge >= 0.3 is 12.3 Å². The van der Waals surface area contributed by atoms with Gasteiger partial charge in [-0.25, -0.2) is 13.8 Å². The Bertz CT molecular complexity index is 519. The second kappa shape index (κ2) is 7.58. The molecule has 0 aromatic carbocycles. The van der Waals surface area contributed by atoms with E-state index in [0.29, 0.717) is 12.1 Å². The molecule has 23 heavy (non-hydrogen) atoms. The molecular weight excluding hydrogens is 318 g/mol. The van der Waals surface area contributed by atoms with Crippen LogP contribution in [0.3, 0.4) is 0 Å². The summed E-state index contributed by atoms with van der Waals surface area (Å²) in [6.07, 6.45) is -0.273. The zero-order chi connectivity index (χ0) is 16.9. The van der Waals surface area contributed by atoms with Crippen LogP contribution in [0.4, 0.5) is 23.2 Å². The molecule has 2 rings (SSSR count). The Labute approximate surface area is 130 Å². The molecule has 1 aromatic rings. The van der Waals surface area contributed by atoms with Gasteiger partial charge in [-0.2, -0.15) is 8.78 Å². The third-order valence-electron chi connectivity index (χ3n) is 3.35. The van der Waals surface area contributed by atoms with Crippen molar-refractivity contribution in [1.82, 2.24) is 10.3 Å². The monoisotopic (exact) mass is 335 g/mol. The van der Waals surface area contributed by atoms with Gasteiger partial charge in [0.2, 0.25) is 11.8 Å². The van der Waals surface area contributed by atoms with Crippen LogP contribution in [-0.4, -0.2) is 42.4 Å². The lowest BCUT2D eigenvalue weighted by Gasteiger charge is -2.15. The van der Waals surface area contributed by atoms with Crippen molar-refractivity contribution in [2.75, 3.05) is 18.5 Å². The van der Waals surface area contributed by atoms with Gasteiger partial charge < -0.3 is 15.4 Å². The molecule has 128 valence electrons. The summed E-state index contributed by atoms with van der Waals surface area (Å²) in [5.41, 5.74) is 0.376. The Kier molecular flexibility index (Phi) is 5.75. The zero-order valence-corrected chi connectivity index (χ0v) is 12.2. The van der Waals surface area contributed by atoms with Crippen molar-refractivity contribution in [2.45, 2.75) is 37.7 Å². The van der Waals surface area contributed by atoms with E-state index in [9.17, 15) is 22.4 Å². The topological polar surface area (TPSA) is 63.2 Å². The summed E-state index contributed by atoms with van der Waals surface area (Å²) in [4.78, 5) is 15.5. The number of hydrogen-bond donors (Lipinski definition) is 2. The molecule has 0 bridgehead atoms. The van der Waals surface area contributed by atoms with E-state index in [-0.39, 0.29) is 17.8 Å². The summed E-state index contributed by atoms with van der Waals surface area (Å²) in [5.74, 6) is -4.65. The lowest BCUT2D eigenvalue weighted by atomic mass is 10.1. The van der Waals surface area contributed by atoms with E-state index in [1.54, 1.807) is 0 Å². The van der Waals surface area contributed by atoms with E-state index >= 15 is 0 Å². The van der Waals surface area contributed by atoms with Crippen LogP contribution >= 0.6 is 0 Å². The molecule has 2 N–H and O–H groups in total. The first kappa shape index (κ1) is 17.5. The average Bonchev–Trinajstić information content (AvgIpc) is 2.99. The van der Waals surface area contributed by atoms with Gasteiger partial charge in [-0.15, -0.1) is 0 Å². The van der Waals surface area contributed by atoms with Gasteiger partial charge in [0.05, 0.1) is 11.9 Å². The second-order valence-corrected chi connectivity index (χ2v) is 5.28. The minimum absolute atomic E-state index is 0.155. The molecule has 0 aliphatic carbocycles. The molecule has 1 saturated heterocycles. The quantitative estimate of drug-likeness (QED) is 0.752. The number of nitrogens with zero attached hydrogens (tertiary/aromatic N) is 1. The van der Waals surface area contributed by atoms with Crippen LogP contribution in [0.2, 0.25) is 0 Å². The standard InChI is InChI=1S/C14H17F4N3O2/c15-13(16)14(17,18)8-23-12-4-3-10(7-20-12)21-11(22)6-9-2-1-5-19-9/h3-4,7,9,13,19H,1-2,5-6,8H2,(H,21,22). The summed E-state index contributed by atoms with van der Waals surface area (Å²) in [7, 11) is 0. The van der Waals surface area contributed by atoms with E-state index in [1.807, 2.05) is 0 Å². The fourth-order valence-electron chi connectivity index (χ4n) is 2.14. The van der Waals surface area contributed by atoms with Gasteiger partial charge in [0.1, 0.15) is 0 Å². The largest absolute Gasteiger partial charge is 0.471 e. The molecule has 9 heteroatoms. The molecule has 1 atom stereocenters. The van der Waals surface area contributed by atoms with Crippen molar-refractivity contribution in [3.8, 4) is 5.88 Å². The van der Waals surface area contributed by atoms with Crippen LogP contribution in [-0.2, 0) is 4.79 Å². The van der Waals surface area contributed by atoms with Gasteiger partial charge in [0.25, 0.3) is 0 Å². The summed E-state index contributed by atoms with van der Waals surface area (Å²) in [5, 5.41) is 5.82. The average molecular weight is 335 g/mol. The lowest BCUT2D eigenvalue weighted by Crippen LogP contribution is -2.33. The molecular formula is C14H17F4N3O2. The zero-order valence-electron chi connectivity index (χ0n) is 12.2. The van der Waals surface area contributed by atoms with Gasteiger partial charge in [-0.05, 0) is 25.5 Å². The van der Waals surface area contributed by atoms with Gasteiger partial charge in [-0.1, -0.05) is 0 Å². The number of halogens is 4. The number of alkyl halides is 4. The van der Waals surface area contributed by atoms with Crippen LogP contribution in [0.1, 0.15) is 19.3 Å². The number of rotatable bonds is 7. The third kappa shape index (κ3) is 5.34. The van der Waals surface area contributed by atoms with E-state index in [4.69, 9.17) is 0 Å². The summed E-state index contributed by atoms with van der Waals surface area (Å²) in [6, 6.07) is 2.79. The number of carbonyl (C=O) groups is 1. The Morgan fingerprint density at radius 2 is 2.26 bits per heavy atom. The number of hydrogen-bond acceptors (Lipinski definition) is 4. The van der Waals surface area contributed by atoms with Crippen molar-refractivity contribution >= 4 is 11.6 Å². The summed E-state index contributed by atoms with van der Waals surface area (Å²) < 4.78 is 53.9. The highest BCUT2D eigenvalue weighted by Crippen LogP contribution is 2.24. The number of nitrogens with one attached hydrogen (secondary N) is 2. The van der Waals surface area contributed by atoms with Gasteiger partial charge in [0.15, 0.2) is 6.61 Å². The molecule has 1 aliphatic rings. The predicted octanol–water partition coefficient (Wildman–Crippen LogP) is 2.44. The maximum atomic E-state index is 12.7. The Balaban J connectivity index is 1.80. The van der Waals surface area contributed by atoms with E-state index in [1.165, 1.54) is 18.3 Å². The third-order valence-corrected chi connectivity index (χ3v) is 3.35. The first-order valence-electron chi connectivity index (χ1n) is 7.15. The van der Waals surface area contributed by atoms with Crippen LogP contribution < -0.4 is 15.4 Å². The number of amides is 1. The molecule has 1 unspecified atom stereocenters. The number of aromatic nitrogens is 1. The van der Waals surface area contributed by atoms with Crippen molar-refractivity contribution in [3.05, 3.63) is 18.3 Å². The van der Waals surface area contributed by atoms with E-state index in [0.717, 1.165) is 19.4 Å². The van der Waals surface area contributed by atoms with Gasteiger partial charge in [-0.3, -0.25) is 4.79 Å².